The van der Waals surface area contributed by atoms with Crippen molar-refractivity contribution in [1.29, 1.82) is 0 Å². The SMILES string of the molecule is CN1C(=O)C(C(=O)Nc2cccc3ccccc23)=C2C=CC3C=CC21C3. The molecule has 2 unspecified atom stereocenters. The minimum absolute atomic E-state index is 0.213. The van der Waals surface area contributed by atoms with E-state index in [0.29, 0.717) is 5.92 Å². The number of nitrogens with zero attached hydrogens (tertiary/aromatic N) is 1. The van der Waals surface area contributed by atoms with E-state index in [4.69, 9.17) is 0 Å². The highest BCUT2D eigenvalue weighted by Gasteiger charge is 2.53. The summed E-state index contributed by atoms with van der Waals surface area (Å²) in [7, 11) is 1.78. The molecule has 5 rings (SSSR count). The minimum atomic E-state index is -0.456. The number of nitrogens with one attached hydrogen (secondary N) is 1. The van der Waals surface area contributed by atoms with Crippen molar-refractivity contribution in [2.24, 2.45) is 5.92 Å². The van der Waals surface area contributed by atoms with Gasteiger partial charge in [-0.2, -0.15) is 0 Å². The van der Waals surface area contributed by atoms with Crippen LogP contribution in [0.5, 0.6) is 0 Å². The third kappa shape index (κ3) is 1.90. The van der Waals surface area contributed by atoms with Crippen LogP contribution in [0.25, 0.3) is 10.8 Å². The first-order chi connectivity index (χ1) is 12.6. The van der Waals surface area contributed by atoms with Crippen molar-refractivity contribution in [3.05, 3.63) is 77.9 Å². The topological polar surface area (TPSA) is 49.4 Å². The Balaban J connectivity index is 1.58. The molecule has 2 amide bonds. The summed E-state index contributed by atoms with van der Waals surface area (Å²) >= 11 is 0. The van der Waals surface area contributed by atoms with Gasteiger partial charge >= 0.3 is 0 Å². The maximum atomic E-state index is 13.1. The zero-order valence-corrected chi connectivity index (χ0v) is 14.4. The Morgan fingerprint density at radius 1 is 1.15 bits per heavy atom. The van der Waals surface area contributed by atoms with Gasteiger partial charge in [0.15, 0.2) is 0 Å². The van der Waals surface area contributed by atoms with E-state index in [9.17, 15) is 9.59 Å². The second-order valence-electron chi connectivity index (χ2n) is 7.14. The Bertz CT molecular complexity index is 1060. The van der Waals surface area contributed by atoms with Crippen molar-refractivity contribution in [1.82, 2.24) is 4.90 Å². The molecule has 0 radical (unpaired) electrons. The normalized spacial score (nSPS) is 26.0. The van der Waals surface area contributed by atoms with Crippen molar-refractivity contribution in [2.45, 2.75) is 12.0 Å². The first-order valence-electron chi connectivity index (χ1n) is 8.80. The molecule has 128 valence electrons. The molecule has 0 saturated heterocycles. The van der Waals surface area contributed by atoms with Gasteiger partial charge in [-0.1, -0.05) is 60.7 Å². The van der Waals surface area contributed by atoms with E-state index in [2.05, 4.69) is 23.5 Å². The van der Waals surface area contributed by atoms with Crippen LogP contribution in [0.1, 0.15) is 6.42 Å². The van der Waals surface area contributed by atoms with Gasteiger partial charge in [-0.15, -0.1) is 0 Å². The van der Waals surface area contributed by atoms with Gasteiger partial charge in [-0.05, 0) is 29.4 Å². The average molecular weight is 342 g/mol. The molecule has 2 aromatic rings. The van der Waals surface area contributed by atoms with E-state index in [-0.39, 0.29) is 17.4 Å². The summed E-state index contributed by atoms with van der Waals surface area (Å²) in [5, 5.41) is 4.97. The van der Waals surface area contributed by atoms with Crippen LogP contribution in [-0.2, 0) is 9.59 Å². The molecule has 0 saturated carbocycles. The van der Waals surface area contributed by atoms with Crippen LogP contribution >= 0.6 is 0 Å². The maximum absolute atomic E-state index is 13.1. The standard InChI is InChI=1S/C22H18N2O2/c1-24-21(26)19(17-10-9-14-11-12-22(17,24)13-14)20(25)23-18-8-4-6-15-5-2-3-7-16(15)18/h2-12,14H,13H2,1H3,(H,23,25). The molecule has 26 heavy (non-hydrogen) atoms. The number of likely N-dealkylation sites (N-methyl/N-ethyl adjacent to an activating group) is 1. The van der Waals surface area contributed by atoms with E-state index in [0.717, 1.165) is 28.5 Å². The molecule has 1 spiro atoms. The molecule has 2 bridgehead atoms. The molecule has 4 nitrogen and oxygen atoms in total. The Kier molecular flexibility index (Phi) is 3.02. The van der Waals surface area contributed by atoms with Crippen LogP contribution in [-0.4, -0.2) is 29.3 Å². The lowest BCUT2D eigenvalue weighted by Crippen LogP contribution is -2.44. The van der Waals surface area contributed by atoms with Gasteiger partial charge in [0.2, 0.25) is 0 Å². The number of carbonyl (C=O) groups is 2. The predicted molar refractivity (Wildman–Crippen MR) is 101 cm³/mol. The average Bonchev–Trinajstić information content (AvgIpc) is 3.11. The fraction of sp³-hybridized carbons (Fsp3) is 0.182. The number of benzene rings is 2. The van der Waals surface area contributed by atoms with E-state index < -0.39 is 5.54 Å². The smallest absolute Gasteiger partial charge is 0.261 e. The summed E-state index contributed by atoms with van der Waals surface area (Å²) in [6.07, 6.45) is 9.05. The van der Waals surface area contributed by atoms with Crippen molar-refractivity contribution < 1.29 is 9.59 Å². The molecular weight excluding hydrogens is 324 g/mol. The Hall–Kier alpha value is -3.14. The van der Waals surface area contributed by atoms with Crippen LogP contribution in [0.3, 0.4) is 0 Å². The molecule has 1 aliphatic heterocycles. The van der Waals surface area contributed by atoms with Gasteiger partial charge in [0.05, 0.1) is 5.54 Å². The first kappa shape index (κ1) is 15.1. The number of hydrogen-bond acceptors (Lipinski definition) is 2. The van der Waals surface area contributed by atoms with Crippen molar-refractivity contribution >= 4 is 28.3 Å². The second kappa shape index (κ2) is 5.18. The number of fused-ring (bicyclic) bond motifs is 2. The molecule has 4 heteroatoms. The Morgan fingerprint density at radius 3 is 2.85 bits per heavy atom. The van der Waals surface area contributed by atoms with E-state index in [1.165, 1.54) is 0 Å². The fourth-order valence-corrected chi connectivity index (χ4v) is 4.41. The summed E-state index contributed by atoms with van der Waals surface area (Å²) in [5.74, 6) is -0.211. The van der Waals surface area contributed by atoms with Crippen LogP contribution in [0, 0.1) is 5.92 Å². The zero-order valence-electron chi connectivity index (χ0n) is 14.4. The Labute approximate surface area is 151 Å². The number of amides is 2. The van der Waals surface area contributed by atoms with Gasteiger partial charge in [-0.25, -0.2) is 0 Å². The van der Waals surface area contributed by atoms with Crippen LogP contribution in [0.4, 0.5) is 5.69 Å². The van der Waals surface area contributed by atoms with Crippen molar-refractivity contribution in [2.75, 3.05) is 12.4 Å². The van der Waals surface area contributed by atoms with Crippen LogP contribution in [0.15, 0.2) is 77.9 Å². The van der Waals surface area contributed by atoms with E-state index >= 15 is 0 Å². The lowest BCUT2D eigenvalue weighted by atomic mass is 9.82. The number of hydrogen-bond donors (Lipinski definition) is 1. The number of carbonyl (C=O) groups excluding carboxylic acids is 2. The molecular formula is C22H18N2O2. The monoisotopic (exact) mass is 342 g/mol. The van der Waals surface area contributed by atoms with Crippen LogP contribution in [0.2, 0.25) is 0 Å². The molecule has 2 aliphatic carbocycles. The summed E-state index contributed by atoms with van der Waals surface area (Å²) in [6, 6.07) is 13.7. The highest BCUT2D eigenvalue weighted by molar-refractivity contribution is 6.26. The van der Waals surface area contributed by atoms with Crippen LogP contribution < -0.4 is 5.32 Å². The highest BCUT2D eigenvalue weighted by atomic mass is 16.2. The number of allylic oxidation sites excluding steroid dienone is 2. The van der Waals surface area contributed by atoms with Gasteiger partial charge in [-0.3, -0.25) is 9.59 Å². The van der Waals surface area contributed by atoms with E-state index in [1.807, 2.05) is 48.5 Å². The molecule has 1 heterocycles. The molecule has 0 fully saturated rings. The lowest BCUT2D eigenvalue weighted by Gasteiger charge is -2.35. The summed E-state index contributed by atoms with van der Waals surface area (Å²) < 4.78 is 0. The van der Waals surface area contributed by atoms with Gasteiger partial charge < -0.3 is 10.2 Å². The predicted octanol–water partition coefficient (Wildman–Crippen LogP) is 3.43. The maximum Gasteiger partial charge on any atom is 0.261 e. The molecule has 2 atom stereocenters. The number of anilines is 1. The molecule has 0 aromatic heterocycles. The summed E-state index contributed by atoms with van der Waals surface area (Å²) in [6.45, 7) is 0. The molecule has 1 N–H and O–H groups in total. The first-order valence-corrected chi connectivity index (χ1v) is 8.80. The third-order valence-corrected chi connectivity index (χ3v) is 5.79. The largest absolute Gasteiger partial charge is 0.328 e. The number of rotatable bonds is 2. The summed E-state index contributed by atoms with van der Waals surface area (Å²) in [4.78, 5) is 27.7. The summed E-state index contributed by atoms with van der Waals surface area (Å²) in [5.41, 5.74) is 1.33. The van der Waals surface area contributed by atoms with Crippen molar-refractivity contribution in [3.8, 4) is 0 Å². The van der Waals surface area contributed by atoms with Gasteiger partial charge in [0.25, 0.3) is 11.8 Å². The second-order valence-corrected chi connectivity index (χ2v) is 7.14. The zero-order chi connectivity index (χ0) is 17.9. The fourth-order valence-electron chi connectivity index (χ4n) is 4.41. The van der Waals surface area contributed by atoms with Gasteiger partial charge in [0.1, 0.15) is 5.57 Å². The van der Waals surface area contributed by atoms with Crippen molar-refractivity contribution in [3.63, 3.8) is 0 Å². The molecule has 2 aromatic carbocycles. The minimum Gasteiger partial charge on any atom is -0.328 e. The van der Waals surface area contributed by atoms with Gasteiger partial charge in [0, 0.05) is 18.1 Å². The highest BCUT2D eigenvalue weighted by Crippen LogP contribution is 2.48. The molecule has 3 aliphatic rings. The third-order valence-electron chi connectivity index (χ3n) is 5.79. The quantitative estimate of drug-likeness (QED) is 0.671. The Morgan fingerprint density at radius 2 is 1.96 bits per heavy atom. The van der Waals surface area contributed by atoms with E-state index in [1.54, 1.807) is 11.9 Å². The lowest BCUT2D eigenvalue weighted by molar-refractivity contribution is -0.128.